The Morgan fingerprint density at radius 1 is 1.43 bits per heavy atom. The van der Waals surface area contributed by atoms with Crippen LogP contribution in [0.5, 0.6) is 0 Å². The molecule has 1 aliphatic carbocycles. The van der Waals surface area contributed by atoms with Crippen LogP contribution in [0.1, 0.15) is 25.7 Å². The minimum atomic E-state index is -0.0923. The van der Waals surface area contributed by atoms with E-state index in [1.165, 1.54) is 19.3 Å². The quantitative estimate of drug-likeness (QED) is 0.688. The van der Waals surface area contributed by atoms with Crippen molar-refractivity contribution in [2.24, 2.45) is 5.41 Å². The van der Waals surface area contributed by atoms with E-state index in [1.807, 2.05) is 0 Å². The first-order valence-electron chi connectivity index (χ1n) is 5.40. The van der Waals surface area contributed by atoms with Gasteiger partial charge in [-0.15, -0.1) is 0 Å². The summed E-state index contributed by atoms with van der Waals surface area (Å²) >= 11 is 0. The number of halogens is 1. The van der Waals surface area contributed by atoms with Crippen LogP contribution < -0.4 is 0 Å². The first-order valence-corrected chi connectivity index (χ1v) is 5.40. The van der Waals surface area contributed by atoms with Crippen LogP contribution in [0.2, 0.25) is 0 Å². The van der Waals surface area contributed by atoms with Crippen molar-refractivity contribution >= 4 is 0 Å². The molecule has 1 saturated carbocycles. The van der Waals surface area contributed by atoms with Crippen LogP contribution in [0.3, 0.4) is 0 Å². The Hall–Kier alpha value is -0.410. The van der Waals surface area contributed by atoms with E-state index in [-0.39, 0.29) is 12.1 Å². The topological polar surface area (TPSA) is 23.5 Å². The van der Waals surface area contributed by atoms with Crippen molar-refractivity contribution in [3.8, 4) is 0 Å². The van der Waals surface area contributed by atoms with E-state index < -0.39 is 0 Å². The van der Waals surface area contributed by atoms with E-state index in [0.29, 0.717) is 5.41 Å². The van der Waals surface area contributed by atoms with Crippen LogP contribution >= 0.6 is 0 Å². The summed E-state index contributed by atoms with van der Waals surface area (Å²) in [5, 5.41) is 9.62. The molecule has 3 rings (SSSR count). The lowest BCUT2D eigenvalue weighted by atomic mass is 9.80. The molecular formula is C11H16FNO. The third-order valence-corrected chi connectivity index (χ3v) is 4.64. The molecule has 3 heteroatoms. The number of aliphatic hydroxyl groups excluding tert-OH is 1. The molecule has 0 amide bonds. The molecule has 0 aromatic rings. The van der Waals surface area contributed by atoms with Gasteiger partial charge in [0.1, 0.15) is 0 Å². The van der Waals surface area contributed by atoms with Gasteiger partial charge in [-0.25, -0.2) is 4.39 Å². The smallest absolute Gasteiger partial charge is 0.0872 e. The molecule has 3 aliphatic rings. The molecule has 2 aliphatic heterocycles. The highest BCUT2D eigenvalue weighted by Crippen LogP contribution is 2.66. The molecule has 1 N–H and O–H groups in total. The first-order chi connectivity index (χ1) is 6.76. The second-order valence-electron chi connectivity index (χ2n) is 5.09. The van der Waals surface area contributed by atoms with Gasteiger partial charge in [-0.3, -0.25) is 4.90 Å². The fourth-order valence-electron chi connectivity index (χ4n) is 3.60. The Balaban J connectivity index is 1.98. The molecular weight excluding hydrogens is 181 g/mol. The molecule has 1 atom stereocenters. The van der Waals surface area contributed by atoms with Crippen LogP contribution in [0, 0.1) is 5.41 Å². The predicted molar refractivity (Wildman–Crippen MR) is 51.5 cm³/mol. The molecule has 0 bridgehead atoms. The molecule has 1 spiro atoms. The van der Waals surface area contributed by atoms with Crippen molar-refractivity contribution in [1.29, 1.82) is 0 Å². The van der Waals surface area contributed by atoms with E-state index in [4.69, 9.17) is 0 Å². The number of hydrogen-bond donors (Lipinski definition) is 1. The summed E-state index contributed by atoms with van der Waals surface area (Å²) in [7, 11) is 0. The lowest BCUT2D eigenvalue weighted by molar-refractivity contribution is 0.0574. The lowest BCUT2D eigenvalue weighted by Crippen LogP contribution is -2.47. The van der Waals surface area contributed by atoms with Crippen molar-refractivity contribution in [3.63, 3.8) is 0 Å². The van der Waals surface area contributed by atoms with Crippen LogP contribution in [0.15, 0.2) is 11.9 Å². The highest BCUT2D eigenvalue weighted by molar-refractivity contribution is 5.28. The zero-order valence-electron chi connectivity index (χ0n) is 8.30. The van der Waals surface area contributed by atoms with Gasteiger partial charge in [-0.05, 0) is 43.2 Å². The fourth-order valence-corrected chi connectivity index (χ4v) is 3.60. The van der Waals surface area contributed by atoms with Crippen molar-refractivity contribution in [2.75, 3.05) is 19.7 Å². The Morgan fingerprint density at radius 2 is 2.21 bits per heavy atom. The van der Waals surface area contributed by atoms with Gasteiger partial charge in [0, 0.05) is 6.54 Å². The largest absolute Gasteiger partial charge is 0.394 e. The Kier molecular flexibility index (Phi) is 1.63. The van der Waals surface area contributed by atoms with Gasteiger partial charge in [0.2, 0.25) is 0 Å². The molecule has 0 radical (unpaired) electrons. The minimum Gasteiger partial charge on any atom is -0.394 e. The number of hydrogen-bond acceptors (Lipinski definition) is 2. The molecule has 0 aromatic carbocycles. The van der Waals surface area contributed by atoms with E-state index in [1.54, 1.807) is 0 Å². The number of aliphatic hydroxyl groups is 1. The van der Waals surface area contributed by atoms with Crippen LogP contribution in [0.25, 0.3) is 0 Å². The normalized spacial score (nSPS) is 42.3. The van der Waals surface area contributed by atoms with E-state index in [0.717, 1.165) is 31.4 Å². The van der Waals surface area contributed by atoms with Crippen molar-refractivity contribution in [1.82, 2.24) is 4.90 Å². The van der Waals surface area contributed by atoms with Gasteiger partial charge in [-0.2, -0.15) is 0 Å². The standard InChI is InChI=1S/C11H16FNO/c12-6-9-5-11(8-14)10(1-2-10)3-4-13(11)7-9/h6,14H,1-5,7-8H2/b9-6-. The Labute approximate surface area is 83.4 Å². The van der Waals surface area contributed by atoms with Crippen LogP contribution in [-0.4, -0.2) is 35.2 Å². The second kappa shape index (κ2) is 2.58. The summed E-state index contributed by atoms with van der Waals surface area (Å²) in [5.41, 5.74) is 1.11. The van der Waals surface area contributed by atoms with Crippen molar-refractivity contribution < 1.29 is 9.50 Å². The average molecular weight is 197 g/mol. The third kappa shape index (κ3) is 0.829. The van der Waals surface area contributed by atoms with Gasteiger partial charge in [0.05, 0.1) is 18.5 Å². The van der Waals surface area contributed by atoms with Gasteiger partial charge in [0.25, 0.3) is 0 Å². The lowest BCUT2D eigenvalue weighted by Gasteiger charge is -2.35. The number of fused-ring (bicyclic) bond motifs is 2. The zero-order chi connectivity index (χ0) is 9.81. The van der Waals surface area contributed by atoms with Crippen LogP contribution in [-0.2, 0) is 0 Å². The maximum absolute atomic E-state index is 12.5. The Bertz CT molecular complexity index is 298. The Morgan fingerprint density at radius 3 is 2.79 bits per heavy atom. The summed E-state index contributed by atoms with van der Waals surface area (Å²) in [6, 6.07) is 0. The third-order valence-electron chi connectivity index (χ3n) is 4.64. The molecule has 0 aromatic heterocycles. The maximum atomic E-state index is 12.5. The predicted octanol–water partition coefficient (Wildman–Crippen LogP) is 1.46. The fraction of sp³-hybridized carbons (Fsp3) is 0.818. The van der Waals surface area contributed by atoms with E-state index in [9.17, 15) is 9.50 Å². The van der Waals surface area contributed by atoms with Crippen molar-refractivity contribution in [3.05, 3.63) is 11.9 Å². The van der Waals surface area contributed by atoms with Gasteiger partial charge < -0.3 is 5.11 Å². The maximum Gasteiger partial charge on any atom is 0.0872 e. The summed E-state index contributed by atoms with van der Waals surface area (Å²) in [6.45, 7) is 1.97. The summed E-state index contributed by atoms with van der Waals surface area (Å²) < 4.78 is 12.5. The van der Waals surface area contributed by atoms with E-state index >= 15 is 0 Å². The molecule has 78 valence electrons. The molecule has 2 heterocycles. The number of rotatable bonds is 1. The molecule has 1 unspecified atom stereocenters. The average Bonchev–Trinajstić information content (AvgIpc) is 2.82. The highest BCUT2D eigenvalue weighted by atomic mass is 19.1. The summed E-state index contributed by atoms with van der Waals surface area (Å²) in [6.07, 6.45) is 5.15. The second-order valence-corrected chi connectivity index (χ2v) is 5.09. The number of nitrogens with zero attached hydrogens (tertiary/aromatic N) is 1. The zero-order valence-corrected chi connectivity index (χ0v) is 8.30. The molecule has 14 heavy (non-hydrogen) atoms. The van der Waals surface area contributed by atoms with Gasteiger partial charge >= 0.3 is 0 Å². The molecule has 2 saturated heterocycles. The first kappa shape index (κ1) is 8.86. The molecule has 2 nitrogen and oxygen atoms in total. The minimum absolute atomic E-state index is 0.0923. The van der Waals surface area contributed by atoms with Gasteiger partial charge in [-0.1, -0.05) is 0 Å². The summed E-state index contributed by atoms with van der Waals surface area (Å²) in [4.78, 5) is 2.30. The van der Waals surface area contributed by atoms with E-state index in [2.05, 4.69) is 4.90 Å². The van der Waals surface area contributed by atoms with Crippen LogP contribution in [0.4, 0.5) is 4.39 Å². The SMILES string of the molecule is OCC12C/C(=C/F)CN1CCC21CC1. The molecule has 3 fully saturated rings. The summed E-state index contributed by atoms with van der Waals surface area (Å²) in [5.74, 6) is 0. The highest BCUT2D eigenvalue weighted by Gasteiger charge is 2.66. The monoisotopic (exact) mass is 197 g/mol. The van der Waals surface area contributed by atoms with Gasteiger partial charge in [0.15, 0.2) is 0 Å². The van der Waals surface area contributed by atoms with Crippen molar-refractivity contribution in [2.45, 2.75) is 31.2 Å².